The second-order valence-corrected chi connectivity index (χ2v) is 5.75. The molecule has 2 rings (SSSR count). The highest BCUT2D eigenvalue weighted by atomic mass is 79.9. The predicted molar refractivity (Wildman–Crippen MR) is 78.9 cm³/mol. The maximum atomic E-state index is 12.6. The van der Waals surface area contributed by atoms with E-state index in [0.717, 1.165) is 36.7 Å². The van der Waals surface area contributed by atoms with Crippen LogP contribution in [0.2, 0.25) is 0 Å². The second-order valence-electron chi connectivity index (χ2n) is 4.90. The van der Waals surface area contributed by atoms with Crippen molar-refractivity contribution in [3.05, 3.63) is 28.2 Å². The Labute approximate surface area is 121 Å². The van der Waals surface area contributed by atoms with Crippen molar-refractivity contribution >= 4 is 27.5 Å². The Balaban J connectivity index is 2.16. The SMILES string of the molecule is Nc1ccc(Br)c(C(=O)N2CCCC2CCCO)c1. The van der Waals surface area contributed by atoms with Crippen molar-refractivity contribution in [2.45, 2.75) is 31.7 Å². The zero-order chi connectivity index (χ0) is 13.8. The minimum atomic E-state index is 0.0274. The summed E-state index contributed by atoms with van der Waals surface area (Å²) in [6.07, 6.45) is 3.65. The van der Waals surface area contributed by atoms with Gasteiger partial charge in [0.15, 0.2) is 0 Å². The lowest BCUT2D eigenvalue weighted by Gasteiger charge is -2.25. The number of aliphatic hydroxyl groups is 1. The minimum Gasteiger partial charge on any atom is -0.399 e. The highest BCUT2D eigenvalue weighted by molar-refractivity contribution is 9.10. The van der Waals surface area contributed by atoms with Crippen molar-refractivity contribution in [2.75, 3.05) is 18.9 Å². The fourth-order valence-electron chi connectivity index (χ4n) is 2.59. The van der Waals surface area contributed by atoms with Gasteiger partial charge in [-0.05, 0) is 59.8 Å². The highest BCUT2D eigenvalue weighted by Crippen LogP contribution is 2.27. The topological polar surface area (TPSA) is 66.6 Å². The summed E-state index contributed by atoms with van der Waals surface area (Å²) in [5.74, 6) is 0.0274. The third kappa shape index (κ3) is 3.28. The second kappa shape index (κ2) is 6.39. The molecule has 1 aromatic rings. The van der Waals surface area contributed by atoms with Crippen molar-refractivity contribution in [2.24, 2.45) is 0 Å². The van der Waals surface area contributed by atoms with Crippen LogP contribution in [0.4, 0.5) is 5.69 Å². The van der Waals surface area contributed by atoms with Crippen molar-refractivity contribution in [3.8, 4) is 0 Å². The lowest BCUT2D eigenvalue weighted by molar-refractivity contribution is 0.0723. The summed E-state index contributed by atoms with van der Waals surface area (Å²) in [5, 5.41) is 8.92. The number of nitrogens with zero attached hydrogens (tertiary/aromatic N) is 1. The maximum Gasteiger partial charge on any atom is 0.255 e. The van der Waals surface area contributed by atoms with Gasteiger partial charge in [0.25, 0.3) is 5.91 Å². The van der Waals surface area contributed by atoms with Gasteiger partial charge in [-0.1, -0.05) is 0 Å². The number of carbonyl (C=O) groups excluding carboxylic acids is 1. The molecule has 0 saturated carbocycles. The molecule has 1 saturated heterocycles. The molecule has 4 nitrogen and oxygen atoms in total. The first kappa shape index (κ1) is 14.3. The van der Waals surface area contributed by atoms with Crippen LogP contribution in [0.3, 0.4) is 0 Å². The molecule has 1 aliphatic heterocycles. The first-order chi connectivity index (χ1) is 9.13. The molecule has 104 valence electrons. The van der Waals surface area contributed by atoms with Gasteiger partial charge in [-0.2, -0.15) is 0 Å². The first-order valence-corrected chi connectivity index (χ1v) is 7.39. The number of nitrogen functional groups attached to an aromatic ring is 1. The van der Waals surface area contributed by atoms with E-state index >= 15 is 0 Å². The molecule has 1 atom stereocenters. The van der Waals surface area contributed by atoms with Gasteiger partial charge < -0.3 is 15.7 Å². The van der Waals surface area contributed by atoms with Crippen molar-refractivity contribution in [1.82, 2.24) is 4.90 Å². The average molecular weight is 327 g/mol. The molecule has 5 heteroatoms. The number of rotatable bonds is 4. The number of nitrogens with two attached hydrogens (primary N) is 1. The first-order valence-electron chi connectivity index (χ1n) is 6.60. The lowest BCUT2D eigenvalue weighted by atomic mass is 10.1. The normalized spacial score (nSPS) is 18.8. The summed E-state index contributed by atoms with van der Waals surface area (Å²) >= 11 is 3.41. The van der Waals surface area contributed by atoms with Crippen LogP contribution in [0.5, 0.6) is 0 Å². The maximum absolute atomic E-state index is 12.6. The van der Waals surface area contributed by atoms with E-state index in [0.29, 0.717) is 11.3 Å². The van der Waals surface area contributed by atoms with E-state index in [9.17, 15) is 4.79 Å². The number of carbonyl (C=O) groups is 1. The molecule has 0 bridgehead atoms. The van der Waals surface area contributed by atoms with Gasteiger partial charge >= 0.3 is 0 Å². The van der Waals surface area contributed by atoms with E-state index in [4.69, 9.17) is 10.8 Å². The monoisotopic (exact) mass is 326 g/mol. The van der Waals surface area contributed by atoms with Gasteiger partial charge in [-0.3, -0.25) is 4.79 Å². The molecular formula is C14H19BrN2O2. The molecule has 1 aliphatic rings. The predicted octanol–water partition coefficient (Wildman–Crippen LogP) is 2.41. The number of hydrogen-bond donors (Lipinski definition) is 2. The fraction of sp³-hybridized carbons (Fsp3) is 0.500. The van der Waals surface area contributed by atoms with Gasteiger partial charge in [-0.25, -0.2) is 0 Å². The number of aliphatic hydroxyl groups excluding tert-OH is 1. The van der Waals surface area contributed by atoms with Crippen LogP contribution in [-0.2, 0) is 0 Å². The van der Waals surface area contributed by atoms with Crippen LogP contribution in [0.15, 0.2) is 22.7 Å². The summed E-state index contributed by atoms with van der Waals surface area (Å²) in [5.41, 5.74) is 6.97. The van der Waals surface area contributed by atoms with Gasteiger partial charge in [0.1, 0.15) is 0 Å². The minimum absolute atomic E-state index is 0.0274. The number of amides is 1. The largest absolute Gasteiger partial charge is 0.399 e. The summed E-state index contributed by atoms with van der Waals surface area (Å²) in [6, 6.07) is 5.54. The molecule has 0 spiro atoms. The zero-order valence-electron chi connectivity index (χ0n) is 10.8. The van der Waals surface area contributed by atoms with E-state index in [1.54, 1.807) is 18.2 Å². The highest BCUT2D eigenvalue weighted by Gasteiger charge is 2.29. The Morgan fingerprint density at radius 2 is 2.32 bits per heavy atom. The standard InChI is InChI=1S/C14H19BrN2O2/c15-13-6-5-10(16)9-12(13)14(19)17-7-1-3-11(17)4-2-8-18/h5-6,9,11,18H,1-4,7-8,16H2. The Bertz CT molecular complexity index is 465. The number of halogens is 1. The van der Waals surface area contributed by atoms with Crippen molar-refractivity contribution in [3.63, 3.8) is 0 Å². The summed E-state index contributed by atoms with van der Waals surface area (Å²) in [4.78, 5) is 14.5. The molecule has 19 heavy (non-hydrogen) atoms. The molecular weight excluding hydrogens is 308 g/mol. The summed E-state index contributed by atoms with van der Waals surface area (Å²) in [7, 11) is 0. The number of hydrogen-bond acceptors (Lipinski definition) is 3. The van der Waals surface area contributed by atoms with E-state index in [1.807, 2.05) is 4.90 Å². The summed E-state index contributed by atoms with van der Waals surface area (Å²) < 4.78 is 0.777. The molecule has 0 radical (unpaired) electrons. The number of anilines is 1. The molecule has 1 amide bonds. The fourth-order valence-corrected chi connectivity index (χ4v) is 3.01. The van der Waals surface area contributed by atoms with Gasteiger partial charge in [0.05, 0.1) is 5.56 Å². The van der Waals surface area contributed by atoms with E-state index in [1.165, 1.54) is 0 Å². The summed E-state index contributed by atoms with van der Waals surface area (Å²) in [6.45, 7) is 0.969. The molecule has 1 heterocycles. The van der Waals surface area contributed by atoms with Gasteiger partial charge in [-0.15, -0.1) is 0 Å². The van der Waals surface area contributed by atoms with Crippen LogP contribution in [0.25, 0.3) is 0 Å². The zero-order valence-corrected chi connectivity index (χ0v) is 12.4. The Hall–Kier alpha value is -1.07. The molecule has 0 aromatic heterocycles. The van der Waals surface area contributed by atoms with Crippen LogP contribution < -0.4 is 5.73 Å². The van der Waals surface area contributed by atoms with E-state index in [2.05, 4.69) is 15.9 Å². The number of likely N-dealkylation sites (tertiary alicyclic amines) is 1. The Morgan fingerprint density at radius 1 is 1.53 bits per heavy atom. The third-order valence-electron chi connectivity index (χ3n) is 3.55. The number of benzene rings is 1. The molecule has 1 unspecified atom stereocenters. The Morgan fingerprint density at radius 3 is 3.05 bits per heavy atom. The average Bonchev–Trinajstić information content (AvgIpc) is 2.86. The van der Waals surface area contributed by atoms with Crippen LogP contribution in [0, 0.1) is 0 Å². The van der Waals surface area contributed by atoms with Crippen molar-refractivity contribution < 1.29 is 9.90 Å². The third-order valence-corrected chi connectivity index (χ3v) is 4.25. The smallest absolute Gasteiger partial charge is 0.255 e. The van der Waals surface area contributed by atoms with Crippen LogP contribution in [0.1, 0.15) is 36.0 Å². The van der Waals surface area contributed by atoms with E-state index < -0.39 is 0 Å². The van der Waals surface area contributed by atoms with Crippen LogP contribution in [-0.4, -0.2) is 35.1 Å². The lowest BCUT2D eigenvalue weighted by Crippen LogP contribution is -2.35. The van der Waals surface area contributed by atoms with Crippen molar-refractivity contribution in [1.29, 1.82) is 0 Å². The quantitative estimate of drug-likeness (QED) is 0.835. The molecule has 1 aromatic carbocycles. The molecule has 3 N–H and O–H groups in total. The van der Waals surface area contributed by atoms with Gasteiger partial charge in [0, 0.05) is 29.4 Å². The van der Waals surface area contributed by atoms with E-state index in [-0.39, 0.29) is 18.6 Å². The molecule has 0 aliphatic carbocycles. The van der Waals surface area contributed by atoms with Crippen LogP contribution >= 0.6 is 15.9 Å². The Kier molecular flexibility index (Phi) is 4.82. The molecule has 1 fully saturated rings. The van der Waals surface area contributed by atoms with Gasteiger partial charge in [0.2, 0.25) is 0 Å².